The van der Waals surface area contributed by atoms with Crippen LogP contribution in [-0.2, 0) is 16.0 Å². The number of nitrogens with zero attached hydrogens (tertiary/aromatic N) is 4. The lowest BCUT2D eigenvalue weighted by molar-refractivity contribution is -0.0377. The molecule has 0 bridgehead atoms. The minimum atomic E-state index is -0.0880. The highest BCUT2D eigenvalue weighted by Crippen LogP contribution is 2.18. The normalized spacial score (nSPS) is 20.4. The fraction of sp³-hybridized carbons (Fsp3) is 0.550. The van der Waals surface area contributed by atoms with Crippen LogP contribution < -0.4 is 5.32 Å². The number of urea groups is 1. The number of hydrogen-bond acceptors (Lipinski definition) is 5. The summed E-state index contributed by atoms with van der Waals surface area (Å²) in [4.78, 5) is 18.6. The van der Waals surface area contributed by atoms with E-state index < -0.39 is 0 Å². The lowest BCUT2D eigenvalue weighted by atomic mass is 10.1. The van der Waals surface area contributed by atoms with E-state index in [1.807, 2.05) is 29.3 Å². The SMILES string of the molecule is O=C(Nc1cnn(Cc2ccccn2)c1)N1CCC(OC[C@H]2CCCO2)CC1. The van der Waals surface area contributed by atoms with Gasteiger partial charge in [-0.15, -0.1) is 0 Å². The van der Waals surface area contributed by atoms with E-state index >= 15 is 0 Å². The molecule has 2 aliphatic heterocycles. The molecular weight excluding hydrogens is 358 g/mol. The van der Waals surface area contributed by atoms with Crippen LogP contribution in [0.25, 0.3) is 0 Å². The molecule has 2 aromatic heterocycles. The Morgan fingerprint density at radius 1 is 1.29 bits per heavy atom. The highest BCUT2D eigenvalue weighted by Gasteiger charge is 2.25. The summed E-state index contributed by atoms with van der Waals surface area (Å²) < 4.78 is 13.3. The highest BCUT2D eigenvalue weighted by molar-refractivity contribution is 5.89. The number of pyridine rings is 1. The first-order valence-corrected chi connectivity index (χ1v) is 9.98. The predicted molar refractivity (Wildman–Crippen MR) is 104 cm³/mol. The molecule has 1 atom stereocenters. The average molecular weight is 385 g/mol. The molecule has 150 valence electrons. The van der Waals surface area contributed by atoms with E-state index in [1.165, 1.54) is 0 Å². The molecule has 2 fully saturated rings. The zero-order chi connectivity index (χ0) is 19.2. The fourth-order valence-electron chi connectivity index (χ4n) is 3.62. The van der Waals surface area contributed by atoms with Crippen LogP contribution in [0.2, 0.25) is 0 Å². The van der Waals surface area contributed by atoms with Gasteiger partial charge in [-0.05, 0) is 37.8 Å². The van der Waals surface area contributed by atoms with E-state index in [0.717, 1.165) is 38.0 Å². The lowest BCUT2D eigenvalue weighted by Gasteiger charge is -2.32. The molecule has 0 unspecified atom stereocenters. The quantitative estimate of drug-likeness (QED) is 0.826. The number of anilines is 1. The molecule has 2 saturated heterocycles. The minimum Gasteiger partial charge on any atom is -0.376 e. The molecule has 2 amide bonds. The zero-order valence-corrected chi connectivity index (χ0v) is 16.0. The van der Waals surface area contributed by atoms with Crippen LogP contribution in [-0.4, -0.2) is 64.2 Å². The van der Waals surface area contributed by atoms with Crippen LogP contribution in [0.4, 0.5) is 10.5 Å². The van der Waals surface area contributed by atoms with Gasteiger partial charge in [0.05, 0.1) is 42.9 Å². The van der Waals surface area contributed by atoms with Crippen molar-refractivity contribution in [2.75, 3.05) is 31.6 Å². The summed E-state index contributed by atoms with van der Waals surface area (Å²) in [5, 5.41) is 7.23. The summed E-state index contributed by atoms with van der Waals surface area (Å²) in [5.41, 5.74) is 1.62. The number of nitrogens with one attached hydrogen (secondary N) is 1. The summed E-state index contributed by atoms with van der Waals surface area (Å²) in [7, 11) is 0. The van der Waals surface area contributed by atoms with Gasteiger partial charge in [0.25, 0.3) is 0 Å². The Kier molecular flexibility index (Phi) is 6.18. The van der Waals surface area contributed by atoms with E-state index in [9.17, 15) is 4.79 Å². The minimum absolute atomic E-state index is 0.0880. The number of carbonyl (C=O) groups excluding carboxylic acids is 1. The molecule has 0 aromatic carbocycles. The molecule has 0 spiro atoms. The van der Waals surface area contributed by atoms with Crippen molar-refractivity contribution in [3.05, 3.63) is 42.5 Å². The molecule has 0 saturated carbocycles. The predicted octanol–water partition coefficient (Wildman–Crippen LogP) is 2.52. The van der Waals surface area contributed by atoms with Gasteiger partial charge in [0.2, 0.25) is 0 Å². The van der Waals surface area contributed by atoms with Crippen LogP contribution in [0.5, 0.6) is 0 Å². The van der Waals surface area contributed by atoms with Crippen molar-refractivity contribution in [1.29, 1.82) is 0 Å². The maximum absolute atomic E-state index is 12.5. The maximum atomic E-state index is 12.5. The number of aromatic nitrogens is 3. The Bertz CT molecular complexity index is 752. The molecule has 4 heterocycles. The number of rotatable bonds is 6. The fourth-order valence-corrected chi connectivity index (χ4v) is 3.62. The van der Waals surface area contributed by atoms with Crippen molar-refractivity contribution in [1.82, 2.24) is 19.7 Å². The zero-order valence-electron chi connectivity index (χ0n) is 16.0. The van der Waals surface area contributed by atoms with E-state index in [2.05, 4.69) is 15.4 Å². The van der Waals surface area contributed by atoms with E-state index in [0.29, 0.717) is 31.9 Å². The van der Waals surface area contributed by atoms with E-state index in [1.54, 1.807) is 17.1 Å². The molecule has 1 N–H and O–H groups in total. The van der Waals surface area contributed by atoms with Gasteiger partial charge in [0.1, 0.15) is 0 Å². The monoisotopic (exact) mass is 385 g/mol. The Morgan fingerprint density at radius 2 is 2.18 bits per heavy atom. The van der Waals surface area contributed by atoms with Gasteiger partial charge in [-0.3, -0.25) is 9.67 Å². The second-order valence-corrected chi connectivity index (χ2v) is 7.33. The molecule has 8 nitrogen and oxygen atoms in total. The topological polar surface area (TPSA) is 81.5 Å². The molecule has 2 aliphatic rings. The largest absolute Gasteiger partial charge is 0.376 e. The highest BCUT2D eigenvalue weighted by atomic mass is 16.5. The van der Waals surface area contributed by atoms with Gasteiger partial charge >= 0.3 is 6.03 Å². The van der Waals surface area contributed by atoms with Crippen molar-refractivity contribution in [3.8, 4) is 0 Å². The van der Waals surface area contributed by atoms with Crippen molar-refractivity contribution in [3.63, 3.8) is 0 Å². The average Bonchev–Trinajstić information content (AvgIpc) is 3.40. The number of ether oxygens (including phenoxy) is 2. The molecule has 0 radical (unpaired) electrons. The first-order valence-electron chi connectivity index (χ1n) is 9.98. The van der Waals surface area contributed by atoms with Gasteiger partial charge < -0.3 is 19.7 Å². The molecule has 28 heavy (non-hydrogen) atoms. The van der Waals surface area contributed by atoms with Crippen molar-refractivity contribution in [2.45, 2.75) is 44.4 Å². The van der Waals surface area contributed by atoms with Gasteiger partial charge in [-0.1, -0.05) is 6.07 Å². The third kappa shape index (κ3) is 5.08. The third-order valence-electron chi connectivity index (χ3n) is 5.21. The van der Waals surface area contributed by atoms with Crippen LogP contribution in [0.1, 0.15) is 31.4 Å². The number of piperidine rings is 1. The number of amides is 2. The van der Waals surface area contributed by atoms with Crippen molar-refractivity contribution < 1.29 is 14.3 Å². The van der Waals surface area contributed by atoms with Crippen molar-refractivity contribution >= 4 is 11.7 Å². The number of hydrogen-bond donors (Lipinski definition) is 1. The van der Waals surface area contributed by atoms with Crippen molar-refractivity contribution in [2.24, 2.45) is 0 Å². The van der Waals surface area contributed by atoms with Crippen LogP contribution >= 0.6 is 0 Å². The van der Waals surface area contributed by atoms with Gasteiger partial charge in [-0.25, -0.2) is 4.79 Å². The smallest absolute Gasteiger partial charge is 0.321 e. The molecule has 4 rings (SSSR count). The summed E-state index contributed by atoms with van der Waals surface area (Å²) in [6, 6.07) is 5.69. The van der Waals surface area contributed by atoms with Crippen LogP contribution in [0.15, 0.2) is 36.8 Å². The molecular formula is C20H27N5O3. The third-order valence-corrected chi connectivity index (χ3v) is 5.21. The van der Waals surface area contributed by atoms with Gasteiger partial charge in [0.15, 0.2) is 0 Å². The Labute approximate surface area is 164 Å². The first kappa shape index (κ1) is 18.9. The van der Waals surface area contributed by atoms with E-state index in [4.69, 9.17) is 9.47 Å². The Hall–Kier alpha value is -2.45. The van der Waals surface area contributed by atoms with Gasteiger partial charge in [0, 0.05) is 32.1 Å². The summed E-state index contributed by atoms with van der Waals surface area (Å²) in [6.45, 7) is 3.50. The molecule has 0 aliphatic carbocycles. The number of carbonyl (C=O) groups is 1. The van der Waals surface area contributed by atoms with E-state index in [-0.39, 0.29) is 18.2 Å². The number of likely N-dealkylation sites (tertiary alicyclic amines) is 1. The summed E-state index contributed by atoms with van der Waals surface area (Å²) in [6.07, 6.45) is 9.66. The Morgan fingerprint density at radius 3 is 2.93 bits per heavy atom. The van der Waals surface area contributed by atoms with Gasteiger partial charge in [-0.2, -0.15) is 5.10 Å². The summed E-state index contributed by atoms with van der Waals surface area (Å²) >= 11 is 0. The van der Waals surface area contributed by atoms with Crippen LogP contribution in [0.3, 0.4) is 0 Å². The summed E-state index contributed by atoms with van der Waals surface area (Å²) in [5.74, 6) is 0. The maximum Gasteiger partial charge on any atom is 0.321 e. The molecule has 2 aromatic rings. The lowest BCUT2D eigenvalue weighted by Crippen LogP contribution is -2.43. The first-order chi connectivity index (χ1) is 13.8. The second kappa shape index (κ2) is 9.16. The van der Waals surface area contributed by atoms with Crippen LogP contribution in [0, 0.1) is 0 Å². The standard InChI is InChI=1S/C20H27N5O3/c26-20(23-17-12-22-25(14-17)13-16-4-1-2-8-21-16)24-9-6-18(7-10-24)28-15-19-5-3-11-27-19/h1-2,4,8,12,14,18-19H,3,5-7,9-11,13,15H2,(H,23,26)/t19-/m1/s1. The Balaban J connectivity index is 1.20. The second-order valence-electron chi connectivity index (χ2n) is 7.33. The molecule has 8 heteroatoms.